The van der Waals surface area contributed by atoms with Crippen LogP contribution in [0.25, 0.3) is 17.0 Å². The molecule has 0 fully saturated rings. The van der Waals surface area contributed by atoms with Gasteiger partial charge in [0, 0.05) is 48.9 Å². The van der Waals surface area contributed by atoms with Crippen molar-refractivity contribution in [1.29, 1.82) is 5.26 Å². The molecule has 2 aliphatic rings. The topological polar surface area (TPSA) is 138 Å². The fourth-order valence-corrected chi connectivity index (χ4v) is 6.98. The van der Waals surface area contributed by atoms with E-state index in [1.165, 1.54) is 24.4 Å². The van der Waals surface area contributed by atoms with Crippen molar-refractivity contribution in [3.05, 3.63) is 44.3 Å². The molecule has 42 heavy (non-hydrogen) atoms. The summed E-state index contributed by atoms with van der Waals surface area (Å²) in [4.78, 5) is 54.6. The number of hydrogen-bond acceptors (Lipinski definition) is 8. The summed E-state index contributed by atoms with van der Waals surface area (Å²) in [5, 5.41) is 10.6. The summed E-state index contributed by atoms with van der Waals surface area (Å²) in [7, 11) is 1.37. The highest BCUT2D eigenvalue weighted by Crippen LogP contribution is 2.40. The first-order valence-electron chi connectivity index (χ1n) is 14.9. The number of rotatable bonds is 12. The summed E-state index contributed by atoms with van der Waals surface area (Å²) in [6, 6.07) is 2.86. The summed E-state index contributed by atoms with van der Waals surface area (Å²) in [6.07, 6.45) is 10.5. The number of aryl methyl sites for hydroxylation is 3. The number of anilines is 1. The Kier molecular flexibility index (Phi) is 10.5. The van der Waals surface area contributed by atoms with Crippen molar-refractivity contribution in [2.24, 2.45) is 5.73 Å². The molecule has 3 heterocycles. The van der Waals surface area contributed by atoms with Gasteiger partial charge in [-0.1, -0.05) is 44.4 Å². The van der Waals surface area contributed by atoms with E-state index in [0.29, 0.717) is 17.6 Å². The first-order valence-corrected chi connectivity index (χ1v) is 15.9. The Labute approximate surface area is 251 Å². The molecule has 10 heteroatoms. The van der Waals surface area contributed by atoms with E-state index in [1.807, 2.05) is 6.07 Å². The second-order valence-corrected chi connectivity index (χ2v) is 12.3. The minimum absolute atomic E-state index is 0.00782. The summed E-state index contributed by atoms with van der Waals surface area (Å²) in [5.41, 5.74) is 9.44. The molecule has 0 spiro atoms. The van der Waals surface area contributed by atoms with Crippen molar-refractivity contribution >= 4 is 51.4 Å². The van der Waals surface area contributed by atoms with Crippen LogP contribution < -0.4 is 16.3 Å². The zero-order chi connectivity index (χ0) is 30.4. The Hall–Kier alpha value is -3.58. The maximum atomic E-state index is 13.4. The van der Waals surface area contributed by atoms with Crippen molar-refractivity contribution < 1.29 is 18.8 Å². The number of thioether (sulfide) groups is 1. The second kappa shape index (κ2) is 14.1. The maximum Gasteiger partial charge on any atom is 0.343 e. The zero-order valence-corrected chi connectivity index (χ0v) is 25.6. The summed E-state index contributed by atoms with van der Waals surface area (Å²) < 4.78 is 5.86. The van der Waals surface area contributed by atoms with Gasteiger partial charge in [-0.15, -0.1) is 0 Å². The van der Waals surface area contributed by atoms with Gasteiger partial charge in [-0.05, 0) is 62.3 Å². The third kappa shape index (κ3) is 6.73. The standard InChI is InChI=1S/C32H40N4O5S/c1-4-5-6-7-8-13-27(37)42-19-26(30(34)38)35(3)31(39)22(18-33)17-25-20(2)24-16-21-11-9-14-36-15-10-12-23(28(21)36)29(24)41-32(25)40/h16-17,26H,4-15,19H2,1-3H3,(H2,34,38)/b22-17+/t26-/m0/s1. The molecule has 1 aromatic heterocycles. The van der Waals surface area contributed by atoms with E-state index in [1.54, 1.807) is 6.92 Å². The number of carbonyl (C=O) groups is 3. The Bertz CT molecular complexity index is 1500. The molecule has 2 N–H and O–H groups in total. The average Bonchev–Trinajstić information content (AvgIpc) is 2.97. The highest BCUT2D eigenvalue weighted by molar-refractivity contribution is 8.13. The van der Waals surface area contributed by atoms with Crippen LogP contribution in [0.4, 0.5) is 5.69 Å². The summed E-state index contributed by atoms with van der Waals surface area (Å²) in [5.74, 6) is -1.55. The molecular weight excluding hydrogens is 552 g/mol. The van der Waals surface area contributed by atoms with E-state index in [4.69, 9.17) is 10.2 Å². The predicted molar refractivity (Wildman–Crippen MR) is 166 cm³/mol. The number of primary amides is 1. The average molecular weight is 593 g/mol. The molecule has 0 radical (unpaired) electrons. The number of hydrogen-bond donors (Lipinski definition) is 1. The smallest absolute Gasteiger partial charge is 0.343 e. The van der Waals surface area contributed by atoms with Crippen molar-refractivity contribution in [2.75, 3.05) is 30.8 Å². The van der Waals surface area contributed by atoms with Crippen LogP contribution in [0.1, 0.15) is 80.5 Å². The van der Waals surface area contributed by atoms with Crippen molar-refractivity contribution in [3.8, 4) is 6.07 Å². The molecule has 0 saturated carbocycles. The van der Waals surface area contributed by atoms with E-state index in [9.17, 15) is 24.4 Å². The van der Waals surface area contributed by atoms with Crippen molar-refractivity contribution in [2.45, 2.75) is 84.1 Å². The number of unbranched alkanes of at least 4 members (excludes halogenated alkanes) is 4. The number of nitriles is 1. The van der Waals surface area contributed by atoms with Gasteiger partial charge in [0.05, 0.1) is 5.56 Å². The van der Waals surface area contributed by atoms with Gasteiger partial charge < -0.3 is 20.0 Å². The van der Waals surface area contributed by atoms with Crippen LogP contribution in [-0.2, 0) is 27.2 Å². The monoisotopic (exact) mass is 592 g/mol. The van der Waals surface area contributed by atoms with Crippen LogP contribution >= 0.6 is 11.8 Å². The molecule has 1 atom stereocenters. The van der Waals surface area contributed by atoms with Gasteiger partial charge in [-0.3, -0.25) is 14.4 Å². The maximum absolute atomic E-state index is 13.4. The number of amides is 2. The first-order chi connectivity index (χ1) is 20.2. The molecule has 4 rings (SSSR count). The minimum atomic E-state index is -1.10. The molecule has 0 aliphatic carbocycles. The van der Waals surface area contributed by atoms with Crippen LogP contribution in [0.15, 0.2) is 20.9 Å². The Morgan fingerprint density at radius 1 is 1.19 bits per heavy atom. The van der Waals surface area contributed by atoms with Crippen LogP contribution in [-0.4, -0.2) is 53.8 Å². The van der Waals surface area contributed by atoms with Gasteiger partial charge in [-0.2, -0.15) is 5.26 Å². The Morgan fingerprint density at radius 2 is 1.90 bits per heavy atom. The number of nitrogens with two attached hydrogens (primary N) is 1. The number of benzene rings is 1. The zero-order valence-electron chi connectivity index (χ0n) is 24.8. The molecule has 0 saturated heterocycles. The van der Waals surface area contributed by atoms with Gasteiger partial charge in [0.1, 0.15) is 23.3 Å². The van der Waals surface area contributed by atoms with Crippen LogP contribution in [0.5, 0.6) is 0 Å². The third-order valence-electron chi connectivity index (χ3n) is 8.34. The highest BCUT2D eigenvalue weighted by Gasteiger charge is 2.30. The van der Waals surface area contributed by atoms with Crippen LogP contribution in [0.2, 0.25) is 0 Å². The van der Waals surface area contributed by atoms with E-state index >= 15 is 0 Å². The normalized spacial score (nSPS) is 15.2. The molecule has 2 aromatic rings. The Balaban J connectivity index is 1.57. The lowest BCUT2D eigenvalue weighted by atomic mass is 9.88. The van der Waals surface area contributed by atoms with Gasteiger partial charge >= 0.3 is 5.63 Å². The number of carbonyl (C=O) groups excluding carboxylic acids is 3. The van der Waals surface area contributed by atoms with Gasteiger partial charge in [0.2, 0.25) is 5.91 Å². The van der Waals surface area contributed by atoms with Gasteiger partial charge in [0.25, 0.3) is 5.91 Å². The van der Waals surface area contributed by atoms with E-state index in [-0.39, 0.29) is 22.0 Å². The number of likely N-dealkylation sites (N-methyl/N-ethyl adjacent to an activating group) is 1. The lowest BCUT2D eigenvalue weighted by Gasteiger charge is -2.37. The fraction of sp³-hybridized carbons (Fsp3) is 0.531. The summed E-state index contributed by atoms with van der Waals surface area (Å²) >= 11 is 0.967. The lowest BCUT2D eigenvalue weighted by molar-refractivity contribution is -0.133. The van der Waals surface area contributed by atoms with Gasteiger partial charge in [-0.25, -0.2) is 4.79 Å². The first kappa shape index (κ1) is 31.4. The molecule has 224 valence electrons. The number of nitrogens with zero attached hydrogens (tertiary/aromatic N) is 3. The van der Waals surface area contributed by atoms with E-state index < -0.39 is 23.5 Å². The van der Waals surface area contributed by atoms with Crippen molar-refractivity contribution in [1.82, 2.24) is 4.90 Å². The van der Waals surface area contributed by atoms with E-state index in [2.05, 4.69) is 17.9 Å². The van der Waals surface area contributed by atoms with Gasteiger partial charge in [0.15, 0.2) is 5.12 Å². The molecule has 9 nitrogen and oxygen atoms in total. The largest absolute Gasteiger partial charge is 0.422 e. The highest BCUT2D eigenvalue weighted by atomic mass is 32.2. The lowest BCUT2D eigenvalue weighted by Crippen LogP contribution is -2.47. The summed E-state index contributed by atoms with van der Waals surface area (Å²) in [6.45, 7) is 5.92. The predicted octanol–water partition coefficient (Wildman–Crippen LogP) is 4.64. The molecule has 2 amide bonds. The molecule has 0 bridgehead atoms. The molecule has 2 aliphatic heterocycles. The molecule has 1 aromatic carbocycles. The van der Waals surface area contributed by atoms with E-state index in [0.717, 1.165) is 98.5 Å². The third-order valence-corrected chi connectivity index (χ3v) is 9.35. The number of fused-ring (bicyclic) bond motifs is 2. The van der Waals surface area contributed by atoms with Crippen LogP contribution in [0, 0.1) is 18.3 Å². The quantitative estimate of drug-likeness (QED) is 0.163. The second-order valence-electron chi connectivity index (χ2n) is 11.2. The SMILES string of the molecule is CCCCCCCC(=O)SC[C@@H](C(N)=O)N(C)C(=O)/C(C#N)=C/c1c(C)c2cc3c4c(c2oc1=O)CCCN4CCC3. The van der Waals surface area contributed by atoms with Crippen LogP contribution in [0.3, 0.4) is 0 Å². The fourth-order valence-electron chi connectivity index (χ4n) is 5.96. The molecule has 0 unspecified atom stereocenters. The minimum Gasteiger partial charge on any atom is -0.422 e. The van der Waals surface area contributed by atoms with Crippen molar-refractivity contribution in [3.63, 3.8) is 0 Å². The molecular formula is C32H40N4O5S. The Morgan fingerprint density at radius 3 is 2.60 bits per heavy atom.